The molecular formula is C19H25F2N3O2. The molecule has 26 heavy (non-hydrogen) atoms. The lowest BCUT2D eigenvalue weighted by Gasteiger charge is -2.17. The van der Waals surface area contributed by atoms with Crippen molar-refractivity contribution >= 4 is 12.1 Å². The number of carbonyl (C=O) groups excluding carboxylic acids is 1. The molecule has 3 N–H and O–H groups in total. The van der Waals surface area contributed by atoms with Gasteiger partial charge in [-0.3, -0.25) is 4.79 Å². The van der Waals surface area contributed by atoms with Gasteiger partial charge >= 0.3 is 0 Å². The number of ether oxygens (including phenoxy) is 1. The minimum atomic E-state index is -0.891. The summed E-state index contributed by atoms with van der Waals surface area (Å²) in [6.45, 7) is 5.81. The van der Waals surface area contributed by atoms with Gasteiger partial charge in [0.1, 0.15) is 0 Å². The summed E-state index contributed by atoms with van der Waals surface area (Å²) in [5.74, 6) is -2.60. The Labute approximate surface area is 152 Å². The van der Waals surface area contributed by atoms with E-state index in [9.17, 15) is 13.6 Å². The van der Waals surface area contributed by atoms with E-state index in [4.69, 9.17) is 10.5 Å². The van der Waals surface area contributed by atoms with Crippen LogP contribution in [0.2, 0.25) is 0 Å². The van der Waals surface area contributed by atoms with Crippen molar-refractivity contribution in [2.45, 2.75) is 32.9 Å². The number of amides is 1. The van der Waals surface area contributed by atoms with Crippen LogP contribution in [0.15, 0.2) is 29.3 Å². The molecule has 5 nitrogen and oxygen atoms in total. The van der Waals surface area contributed by atoms with E-state index in [1.54, 1.807) is 0 Å². The number of hydrogen-bond acceptors (Lipinski definition) is 4. The third-order valence-electron chi connectivity index (χ3n) is 3.99. The first-order valence-electron chi connectivity index (χ1n) is 8.73. The Morgan fingerprint density at radius 2 is 1.96 bits per heavy atom. The fourth-order valence-corrected chi connectivity index (χ4v) is 2.47. The lowest BCUT2D eigenvalue weighted by atomic mass is 10.1. The number of rotatable bonds is 9. The summed E-state index contributed by atoms with van der Waals surface area (Å²) in [4.78, 5) is 15.0. The van der Waals surface area contributed by atoms with Crippen molar-refractivity contribution < 1.29 is 18.3 Å². The quantitative estimate of drug-likeness (QED) is 0.522. The van der Waals surface area contributed by atoms with Crippen LogP contribution < -0.4 is 15.8 Å². The van der Waals surface area contributed by atoms with E-state index in [1.807, 2.05) is 0 Å². The molecule has 2 rings (SSSR count). The number of nitrogens with one attached hydrogen (secondary N) is 1. The van der Waals surface area contributed by atoms with Crippen molar-refractivity contribution in [2.75, 3.05) is 13.1 Å². The van der Waals surface area contributed by atoms with Crippen LogP contribution in [0.4, 0.5) is 8.78 Å². The molecule has 0 bridgehead atoms. The first-order chi connectivity index (χ1) is 12.4. The van der Waals surface area contributed by atoms with Crippen molar-refractivity contribution in [3.05, 3.63) is 41.5 Å². The van der Waals surface area contributed by atoms with Gasteiger partial charge in [0, 0.05) is 6.21 Å². The minimum absolute atomic E-state index is 0.481. The number of halogens is 2. The smallest absolute Gasteiger partial charge is 0.229 e. The van der Waals surface area contributed by atoms with Gasteiger partial charge in [0.2, 0.25) is 12.1 Å². The van der Waals surface area contributed by atoms with Gasteiger partial charge in [-0.1, -0.05) is 19.9 Å². The molecule has 1 aromatic rings. The molecule has 0 spiro atoms. The Bertz CT molecular complexity index is 652. The fourth-order valence-electron chi connectivity index (χ4n) is 2.47. The van der Waals surface area contributed by atoms with E-state index in [0.29, 0.717) is 24.4 Å². The van der Waals surface area contributed by atoms with E-state index in [1.165, 1.54) is 30.5 Å². The molecule has 1 aromatic carbocycles. The maximum absolute atomic E-state index is 14.2. The Kier molecular flexibility index (Phi) is 7.26. The van der Waals surface area contributed by atoms with Crippen molar-refractivity contribution in [1.82, 2.24) is 5.32 Å². The first kappa shape index (κ1) is 20.0. The first-order valence-corrected chi connectivity index (χ1v) is 8.73. The molecule has 1 heterocycles. The van der Waals surface area contributed by atoms with E-state index >= 15 is 0 Å². The van der Waals surface area contributed by atoms with Gasteiger partial charge in [0.25, 0.3) is 0 Å². The largest absolute Gasteiger partial charge is 0.459 e. The fraction of sp³-hybridized carbons (Fsp3) is 0.474. The van der Waals surface area contributed by atoms with E-state index in [-0.39, 0.29) is 0 Å². The highest BCUT2D eigenvalue weighted by atomic mass is 19.1. The minimum Gasteiger partial charge on any atom is -0.459 e. The number of nitrogens with two attached hydrogens (primary N) is 1. The number of hydrogen-bond donors (Lipinski definition) is 2. The lowest BCUT2D eigenvalue weighted by Crippen LogP contribution is -2.27. The second-order valence-electron chi connectivity index (χ2n) is 6.69. The lowest BCUT2D eigenvalue weighted by molar-refractivity contribution is -0.118. The summed E-state index contributed by atoms with van der Waals surface area (Å²) in [5.41, 5.74) is 5.71. The number of primary amides is 1. The van der Waals surface area contributed by atoms with Crippen LogP contribution in [0.3, 0.4) is 0 Å². The second-order valence-corrected chi connectivity index (χ2v) is 6.69. The summed E-state index contributed by atoms with van der Waals surface area (Å²) in [7, 11) is 0. The van der Waals surface area contributed by atoms with Crippen molar-refractivity contribution in [3.63, 3.8) is 0 Å². The zero-order chi connectivity index (χ0) is 19.1. The Balaban J connectivity index is 1.92. The van der Waals surface area contributed by atoms with Gasteiger partial charge < -0.3 is 15.8 Å². The van der Waals surface area contributed by atoms with Crippen LogP contribution in [-0.2, 0) is 11.2 Å². The predicted octanol–water partition coefficient (Wildman–Crippen LogP) is 2.59. The molecule has 0 aromatic heterocycles. The SMILES string of the molecule is CC(C)CCNCCc1cc(F)c(OC2C=CC(C(N)=O)C=N2)c(F)c1. The molecular weight excluding hydrogens is 340 g/mol. The van der Waals surface area contributed by atoms with E-state index in [2.05, 4.69) is 24.2 Å². The Morgan fingerprint density at radius 3 is 2.50 bits per heavy atom. The maximum atomic E-state index is 14.2. The summed E-state index contributed by atoms with van der Waals surface area (Å²) >= 11 is 0. The average molecular weight is 365 g/mol. The highest BCUT2D eigenvalue weighted by molar-refractivity contribution is 5.94. The highest BCUT2D eigenvalue weighted by Crippen LogP contribution is 2.25. The van der Waals surface area contributed by atoms with Crippen LogP contribution in [0.5, 0.6) is 5.75 Å². The molecule has 1 amide bonds. The van der Waals surface area contributed by atoms with Crippen LogP contribution in [0.25, 0.3) is 0 Å². The van der Waals surface area contributed by atoms with E-state index in [0.717, 1.165) is 13.0 Å². The van der Waals surface area contributed by atoms with Crippen molar-refractivity contribution in [3.8, 4) is 5.75 Å². The predicted molar refractivity (Wildman–Crippen MR) is 97.1 cm³/mol. The second kappa shape index (κ2) is 9.43. The number of benzene rings is 1. The van der Waals surface area contributed by atoms with Gasteiger partial charge in [-0.2, -0.15) is 0 Å². The number of dihydropyridines is 1. The molecule has 1 aliphatic heterocycles. The number of aliphatic imine (C=N–C) groups is 1. The third-order valence-corrected chi connectivity index (χ3v) is 3.99. The maximum Gasteiger partial charge on any atom is 0.229 e. The van der Waals surface area contributed by atoms with Crippen LogP contribution in [-0.4, -0.2) is 31.4 Å². The van der Waals surface area contributed by atoms with Gasteiger partial charge in [-0.15, -0.1) is 0 Å². The highest BCUT2D eigenvalue weighted by Gasteiger charge is 2.19. The number of nitrogens with zero attached hydrogens (tertiary/aromatic N) is 1. The van der Waals surface area contributed by atoms with Crippen LogP contribution >= 0.6 is 0 Å². The summed E-state index contributed by atoms with van der Waals surface area (Å²) in [6.07, 6.45) is 4.93. The van der Waals surface area contributed by atoms with E-state index < -0.39 is 35.4 Å². The molecule has 0 saturated heterocycles. The molecule has 142 valence electrons. The zero-order valence-electron chi connectivity index (χ0n) is 15.0. The van der Waals surface area contributed by atoms with Gasteiger partial charge in [0.15, 0.2) is 17.4 Å². The Hall–Kier alpha value is -2.28. The average Bonchev–Trinajstić information content (AvgIpc) is 2.58. The van der Waals surface area contributed by atoms with Crippen LogP contribution in [0.1, 0.15) is 25.8 Å². The molecule has 2 unspecified atom stereocenters. The standard InChI is InChI=1S/C19H25F2N3O2/c1-12(2)5-7-23-8-6-13-9-15(20)18(16(21)10-13)26-17-4-3-14(11-24-17)19(22)25/h3-4,9-12,14,17,23H,5-8H2,1-2H3,(H2,22,25). The van der Waals surface area contributed by atoms with Gasteiger partial charge in [-0.05, 0) is 55.6 Å². The Morgan fingerprint density at radius 1 is 1.27 bits per heavy atom. The molecule has 1 aliphatic rings. The molecule has 0 aliphatic carbocycles. The molecule has 7 heteroatoms. The summed E-state index contributed by atoms with van der Waals surface area (Å²) < 4.78 is 33.7. The van der Waals surface area contributed by atoms with Crippen molar-refractivity contribution in [1.29, 1.82) is 0 Å². The topological polar surface area (TPSA) is 76.7 Å². The third kappa shape index (κ3) is 5.91. The summed E-state index contributed by atoms with van der Waals surface area (Å²) in [6, 6.07) is 2.54. The monoisotopic (exact) mass is 365 g/mol. The van der Waals surface area contributed by atoms with Gasteiger partial charge in [0.05, 0.1) is 5.92 Å². The molecule has 2 atom stereocenters. The normalized spacial score (nSPS) is 19.1. The zero-order valence-corrected chi connectivity index (χ0v) is 15.0. The number of carbonyl (C=O) groups is 1. The molecule has 0 fully saturated rings. The van der Waals surface area contributed by atoms with Gasteiger partial charge in [-0.25, -0.2) is 13.8 Å². The van der Waals surface area contributed by atoms with Crippen LogP contribution in [0, 0.1) is 23.5 Å². The molecule has 0 radical (unpaired) electrons. The van der Waals surface area contributed by atoms with Crippen molar-refractivity contribution in [2.24, 2.45) is 22.6 Å². The molecule has 0 saturated carbocycles. The summed E-state index contributed by atoms with van der Waals surface area (Å²) in [5, 5.41) is 3.26.